The van der Waals surface area contributed by atoms with Crippen LogP contribution in [0.3, 0.4) is 0 Å². The van der Waals surface area contributed by atoms with Gasteiger partial charge in [0.15, 0.2) is 0 Å². The summed E-state index contributed by atoms with van der Waals surface area (Å²) < 4.78 is 1.10. The van der Waals surface area contributed by atoms with E-state index in [1.807, 2.05) is 30.5 Å². The van der Waals surface area contributed by atoms with E-state index in [0.717, 1.165) is 26.5 Å². The summed E-state index contributed by atoms with van der Waals surface area (Å²) >= 11 is 6.29. The Labute approximate surface area is 121 Å². The molecule has 0 aliphatic carbocycles. The molecule has 2 aromatic heterocycles. The second-order valence-electron chi connectivity index (χ2n) is 3.73. The van der Waals surface area contributed by atoms with Crippen LogP contribution < -0.4 is 5.73 Å². The summed E-state index contributed by atoms with van der Waals surface area (Å²) in [5.74, 6) is 0. The van der Waals surface area contributed by atoms with Crippen LogP contribution in [-0.4, -0.2) is 16.4 Å². The van der Waals surface area contributed by atoms with Crippen LogP contribution in [0.5, 0.6) is 0 Å². The van der Waals surface area contributed by atoms with Gasteiger partial charge in [0.25, 0.3) is 0 Å². The van der Waals surface area contributed by atoms with Crippen LogP contribution in [0.4, 0.5) is 0 Å². The summed E-state index contributed by atoms with van der Waals surface area (Å²) in [4.78, 5) is 8.89. The standard InChI is InChI=1S/C13H11N3S.CH3Cl/c14-7-10-6-11-12(8-15-10)17-13(16-11)9-4-2-1-3-5-9;1-2/h1-6,8H,7,14H2;1H3. The van der Waals surface area contributed by atoms with Gasteiger partial charge in [0, 0.05) is 24.7 Å². The topological polar surface area (TPSA) is 51.8 Å². The van der Waals surface area contributed by atoms with E-state index >= 15 is 0 Å². The van der Waals surface area contributed by atoms with Gasteiger partial charge in [0.1, 0.15) is 5.01 Å². The zero-order valence-electron chi connectivity index (χ0n) is 10.5. The summed E-state index contributed by atoms with van der Waals surface area (Å²) in [5.41, 5.74) is 8.57. The average molecular weight is 292 g/mol. The molecular formula is C14H14ClN3S. The maximum absolute atomic E-state index is 5.57. The number of halogens is 1. The molecule has 0 unspecified atom stereocenters. The van der Waals surface area contributed by atoms with Gasteiger partial charge in [-0.15, -0.1) is 22.9 Å². The summed E-state index contributed by atoms with van der Waals surface area (Å²) in [5, 5.41) is 1.02. The smallest absolute Gasteiger partial charge is 0.124 e. The van der Waals surface area contributed by atoms with Crippen molar-refractivity contribution in [3.8, 4) is 10.6 Å². The molecule has 0 saturated heterocycles. The van der Waals surface area contributed by atoms with Crippen molar-refractivity contribution >= 4 is 33.2 Å². The first-order chi connectivity index (χ1) is 9.36. The summed E-state index contributed by atoms with van der Waals surface area (Å²) in [7, 11) is 0. The number of hydrogen-bond donors (Lipinski definition) is 1. The minimum Gasteiger partial charge on any atom is -0.325 e. The molecule has 2 heterocycles. The predicted molar refractivity (Wildman–Crippen MR) is 82.5 cm³/mol. The van der Waals surface area contributed by atoms with Crippen molar-refractivity contribution in [1.29, 1.82) is 0 Å². The molecule has 0 fully saturated rings. The number of fused-ring (bicyclic) bond motifs is 1. The second-order valence-corrected chi connectivity index (χ2v) is 4.76. The first-order valence-corrected chi connectivity index (χ1v) is 7.33. The van der Waals surface area contributed by atoms with E-state index in [0.29, 0.717) is 6.54 Å². The molecule has 0 spiro atoms. The van der Waals surface area contributed by atoms with Gasteiger partial charge in [-0.05, 0) is 6.07 Å². The highest BCUT2D eigenvalue weighted by Gasteiger charge is 2.06. The minimum atomic E-state index is 0.453. The van der Waals surface area contributed by atoms with E-state index in [1.165, 1.54) is 6.38 Å². The Morgan fingerprint density at radius 2 is 1.95 bits per heavy atom. The summed E-state index contributed by atoms with van der Waals surface area (Å²) in [6.07, 6.45) is 3.32. The molecule has 3 aromatic rings. The lowest BCUT2D eigenvalue weighted by atomic mass is 10.2. The lowest BCUT2D eigenvalue weighted by molar-refractivity contribution is 0.997. The van der Waals surface area contributed by atoms with Crippen molar-refractivity contribution in [3.05, 3.63) is 48.3 Å². The van der Waals surface area contributed by atoms with Crippen molar-refractivity contribution < 1.29 is 0 Å². The Morgan fingerprint density at radius 1 is 1.21 bits per heavy atom. The number of nitrogens with two attached hydrogens (primary N) is 1. The second kappa shape index (κ2) is 6.61. The van der Waals surface area contributed by atoms with E-state index in [4.69, 9.17) is 5.73 Å². The Balaban J connectivity index is 0.000000637. The molecule has 5 heteroatoms. The van der Waals surface area contributed by atoms with Crippen LogP contribution in [0, 0.1) is 0 Å². The summed E-state index contributed by atoms with van der Waals surface area (Å²) in [6, 6.07) is 12.1. The summed E-state index contributed by atoms with van der Waals surface area (Å²) in [6.45, 7) is 0.453. The maximum Gasteiger partial charge on any atom is 0.124 e. The van der Waals surface area contributed by atoms with Gasteiger partial charge in [0.05, 0.1) is 15.9 Å². The fourth-order valence-corrected chi connectivity index (χ4v) is 2.61. The molecule has 1 aromatic carbocycles. The Hall–Kier alpha value is -1.49. The number of pyridine rings is 1. The van der Waals surface area contributed by atoms with Crippen molar-refractivity contribution in [2.24, 2.45) is 5.73 Å². The fraction of sp³-hybridized carbons (Fsp3) is 0.143. The van der Waals surface area contributed by atoms with Gasteiger partial charge in [-0.1, -0.05) is 30.3 Å². The number of thiazole rings is 1. The van der Waals surface area contributed by atoms with Crippen LogP contribution in [0.2, 0.25) is 0 Å². The fourth-order valence-electron chi connectivity index (χ4n) is 1.69. The average Bonchev–Trinajstić information content (AvgIpc) is 2.93. The molecule has 0 saturated carbocycles. The molecule has 3 nitrogen and oxygen atoms in total. The predicted octanol–water partition coefficient (Wildman–Crippen LogP) is 3.67. The van der Waals surface area contributed by atoms with Crippen molar-refractivity contribution in [2.45, 2.75) is 6.54 Å². The Bertz CT molecular complexity index is 652. The van der Waals surface area contributed by atoms with E-state index in [-0.39, 0.29) is 0 Å². The molecule has 0 aliphatic rings. The molecule has 0 radical (unpaired) electrons. The highest BCUT2D eigenvalue weighted by molar-refractivity contribution is 7.21. The molecule has 0 aliphatic heterocycles. The third kappa shape index (κ3) is 3.10. The van der Waals surface area contributed by atoms with E-state index in [9.17, 15) is 0 Å². The molecule has 0 amide bonds. The van der Waals surface area contributed by atoms with Crippen LogP contribution in [-0.2, 0) is 6.54 Å². The molecule has 0 atom stereocenters. The number of benzene rings is 1. The lowest BCUT2D eigenvalue weighted by Crippen LogP contribution is -1.98. The third-order valence-corrected chi connectivity index (χ3v) is 3.62. The van der Waals surface area contributed by atoms with E-state index in [2.05, 4.69) is 33.7 Å². The third-order valence-electron chi connectivity index (χ3n) is 2.56. The number of nitrogens with zero attached hydrogens (tertiary/aromatic N) is 2. The Kier molecular flexibility index (Phi) is 4.85. The highest BCUT2D eigenvalue weighted by Crippen LogP contribution is 2.29. The molecule has 3 rings (SSSR count). The molecule has 19 heavy (non-hydrogen) atoms. The van der Waals surface area contributed by atoms with Gasteiger partial charge >= 0.3 is 0 Å². The number of rotatable bonds is 2. The van der Waals surface area contributed by atoms with Gasteiger partial charge in [-0.2, -0.15) is 0 Å². The van der Waals surface area contributed by atoms with Crippen LogP contribution in [0.15, 0.2) is 42.6 Å². The first-order valence-electron chi connectivity index (χ1n) is 5.75. The maximum atomic E-state index is 5.57. The minimum absolute atomic E-state index is 0.453. The monoisotopic (exact) mass is 291 g/mol. The van der Waals surface area contributed by atoms with Crippen molar-refractivity contribution in [2.75, 3.05) is 6.38 Å². The highest BCUT2D eigenvalue weighted by atomic mass is 35.5. The SMILES string of the molecule is CCl.NCc1cc2nc(-c3ccccc3)sc2cn1. The lowest BCUT2D eigenvalue weighted by Gasteiger charge is -1.93. The molecule has 0 bridgehead atoms. The molecule has 2 N–H and O–H groups in total. The zero-order chi connectivity index (χ0) is 13.7. The van der Waals surface area contributed by atoms with Gasteiger partial charge in [0.2, 0.25) is 0 Å². The van der Waals surface area contributed by atoms with Gasteiger partial charge in [-0.25, -0.2) is 4.98 Å². The van der Waals surface area contributed by atoms with E-state index < -0.39 is 0 Å². The van der Waals surface area contributed by atoms with E-state index in [1.54, 1.807) is 11.3 Å². The molecular weight excluding hydrogens is 278 g/mol. The first kappa shape index (κ1) is 13.9. The van der Waals surface area contributed by atoms with Gasteiger partial charge in [-0.3, -0.25) is 4.98 Å². The van der Waals surface area contributed by atoms with Crippen LogP contribution >= 0.6 is 22.9 Å². The number of aromatic nitrogens is 2. The van der Waals surface area contributed by atoms with Gasteiger partial charge < -0.3 is 5.73 Å². The zero-order valence-corrected chi connectivity index (χ0v) is 12.1. The van der Waals surface area contributed by atoms with Crippen LogP contribution in [0.25, 0.3) is 20.8 Å². The normalized spacial score (nSPS) is 10.1. The van der Waals surface area contributed by atoms with Crippen molar-refractivity contribution in [1.82, 2.24) is 9.97 Å². The van der Waals surface area contributed by atoms with Crippen molar-refractivity contribution in [3.63, 3.8) is 0 Å². The number of hydrogen-bond acceptors (Lipinski definition) is 4. The molecule has 98 valence electrons. The Morgan fingerprint density at radius 3 is 2.63 bits per heavy atom. The quantitative estimate of drug-likeness (QED) is 0.733. The van der Waals surface area contributed by atoms with Crippen LogP contribution in [0.1, 0.15) is 5.69 Å². The number of alkyl halides is 1. The largest absolute Gasteiger partial charge is 0.325 e.